The second-order valence-electron chi connectivity index (χ2n) is 3.82. The van der Waals surface area contributed by atoms with Crippen LogP contribution in [0.3, 0.4) is 0 Å². The van der Waals surface area contributed by atoms with Gasteiger partial charge in [0, 0.05) is 0 Å². The van der Waals surface area contributed by atoms with Crippen LogP contribution in [0.5, 0.6) is 0 Å². The van der Waals surface area contributed by atoms with E-state index in [4.69, 9.17) is 9.84 Å². The van der Waals surface area contributed by atoms with Crippen molar-refractivity contribution in [1.29, 1.82) is 0 Å². The number of nitrogens with one attached hydrogen (secondary N) is 1. The van der Waals surface area contributed by atoms with Gasteiger partial charge in [-0.15, -0.1) is 0 Å². The van der Waals surface area contributed by atoms with Gasteiger partial charge in [0.05, 0.1) is 18.8 Å². The molecule has 15 heavy (non-hydrogen) atoms. The fraction of sp³-hybridized carbons (Fsp3) is 0.727. The minimum absolute atomic E-state index is 0.0552. The maximum Gasteiger partial charge on any atom is 0.306 e. The van der Waals surface area contributed by atoms with Gasteiger partial charge in [0.15, 0.2) is 0 Å². The van der Waals surface area contributed by atoms with Crippen molar-refractivity contribution in [3.63, 3.8) is 0 Å². The van der Waals surface area contributed by atoms with Gasteiger partial charge in [0.2, 0.25) is 0 Å². The van der Waals surface area contributed by atoms with E-state index in [1.165, 1.54) is 0 Å². The number of carboxylic acids is 1. The summed E-state index contributed by atoms with van der Waals surface area (Å²) >= 11 is 0. The molecule has 0 amide bonds. The monoisotopic (exact) mass is 213 g/mol. The van der Waals surface area contributed by atoms with Crippen LogP contribution in [-0.4, -0.2) is 31.0 Å². The molecule has 4 heteroatoms. The first kappa shape index (κ1) is 12.2. The SMILES string of the molecule is CNCOC1/C=C/CCC(C(=O)O)CC1. The molecule has 1 aliphatic rings. The lowest BCUT2D eigenvalue weighted by Crippen LogP contribution is -2.22. The van der Waals surface area contributed by atoms with Crippen molar-refractivity contribution in [3.05, 3.63) is 12.2 Å². The van der Waals surface area contributed by atoms with Crippen molar-refractivity contribution in [3.8, 4) is 0 Å². The predicted molar refractivity (Wildman–Crippen MR) is 57.5 cm³/mol. The van der Waals surface area contributed by atoms with Crippen LogP contribution in [-0.2, 0) is 9.53 Å². The van der Waals surface area contributed by atoms with E-state index < -0.39 is 5.97 Å². The number of carboxylic acid groups (broad SMARTS) is 1. The molecule has 86 valence electrons. The van der Waals surface area contributed by atoms with E-state index in [0.717, 1.165) is 19.3 Å². The molecular weight excluding hydrogens is 194 g/mol. The van der Waals surface area contributed by atoms with Crippen molar-refractivity contribution in [2.75, 3.05) is 13.8 Å². The molecule has 0 saturated carbocycles. The largest absolute Gasteiger partial charge is 0.481 e. The third kappa shape index (κ3) is 4.44. The van der Waals surface area contributed by atoms with Crippen molar-refractivity contribution in [1.82, 2.24) is 5.32 Å². The molecule has 4 nitrogen and oxygen atoms in total. The average Bonchev–Trinajstić information content (AvgIpc) is 2.16. The van der Waals surface area contributed by atoms with Crippen molar-refractivity contribution < 1.29 is 14.6 Å². The van der Waals surface area contributed by atoms with Crippen LogP contribution in [0.15, 0.2) is 12.2 Å². The van der Waals surface area contributed by atoms with Gasteiger partial charge in [-0.3, -0.25) is 10.1 Å². The van der Waals surface area contributed by atoms with E-state index in [1.807, 2.05) is 19.2 Å². The Labute approximate surface area is 90.3 Å². The average molecular weight is 213 g/mol. The van der Waals surface area contributed by atoms with E-state index in [9.17, 15) is 4.79 Å². The van der Waals surface area contributed by atoms with Crippen LogP contribution >= 0.6 is 0 Å². The molecule has 0 aromatic carbocycles. The Morgan fingerprint density at radius 3 is 3.00 bits per heavy atom. The Bertz CT molecular complexity index is 228. The van der Waals surface area contributed by atoms with E-state index in [-0.39, 0.29) is 12.0 Å². The van der Waals surface area contributed by atoms with Gasteiger partial charge < -0.3 is 9.84 Å². The number of hydrogen-bond donors (Lipinski definition) is 2. The molecule has 0 radical (unpaired) electrons. The molecule has 0 aromatic heterocycles. The Hall–Kier alpha value is -0.870. The van der Waals surface area contributed by atoms with Gasteiger partial charge in [0.1, 0.15) is 0 Å². The van der Waals surface area contributed by atoms with E-state index in [0.29, 0.717) is 13.2 Å². The van der Waals surface area contributed by atoms with Gasteiger partial charge >= 0.3 is 5.97 Å². The first-order chi connectivity index (χ1) is 7.24. The zero-order chi connectivity index (χ0) is 11.1. The molecule has 1 aliphatic carbocycles. The smallest absolute Gasteiger partial charge is 0.306 e. The predicted octanol–water partition coefficient (Wildman–Crippen LogP) is 1.38. The van der Waals surface area contributed by atoms with Crippen molar-refractivity contribution in [2.24, 2.45) is 5.92 Å². The maximum atomic E-state index is 10.9. The molecule has 2 unspecified atom stereocenters. The number of rotatable bonds is 4. The van der Waals surface area contributed by atoms with Crippen LogP contribution in [0.2, 0.25) is 0 Å². The summed E-state index contributed by atoms with van der Waals surface area (Å²) in [4.78, 5) is 10.9. The minimum atomic E-state index is -0.683. The molecule has 0 heterocycles. The van der Waals surface area contributed by atoms with E-state index in [1.54, 1.807) is 0 Å². The number of hydrogen-bond acceptors (Lipinski definition) is 3. The fourth-order valence-electron chi connectivity index (χ4n) is 1.73. The van der Waals surface area contributed by atoms with Gasteiger partial charge in [-0.25, -0.2) is 0 Å². The standard InChI is InChI=1S/C11H19NO3/c1-12-8-15-10-5-3-2-4-9(6-7-10)11(13)14/h3,5,9-10,12H,2,4,6-8H2,1H3,(H,13,14)/b5-3+. The summed E-state index contributed by atoms with van der Waals surface area (Å²) in [6.07, 6.45) is 7.18. The molecule has 0 spiro atoms. The highest BCUT2D eigenvalue weighted by molar-refractivity contribution is 5.69. The highest BCUT2D eigenvalue weighted by Crippen LogP contribution is 2.20. The van der Waals surface area contributed by atoms with Crippen LogP contribution < -0.4 is 5.32 Å². The Morgan fingerprint density at radius 2 is 2.33 bits per heavy atom. The summed E-state index contributed by atoms with van der Waals surface area (Å²) in [7, 11) is 1.83. The quantitative estimate of drug-likeness (QED) is 0.547. The Balaban J connectivity index is 2.42. The molecular formula is C11H19NO3. The zero-order valence-electron chi connectivity index (χ0n) is 9.11. The molecule has 2 atom stereocenters. The zero-order valence-corrected chi connectivity index (χ0v) is 9.11. The number of aliphatic carboxylic acids is 1. The Kier molecular flexibility index (Phi) is 5.36. The van der Waals surface area contributed by atoms with Crippen molar-refractivity contribution >= 4 is 5.97 Å². The third-order valence-corrected chi connectivity index (χ3v) is 2.62. The van der Waals surface area contributed by atoms with Crippen molar-refractivity contribution in [2.45, 2.75) is 31.8 Å². The minimum Gasteiger partial charge on any atom is -0.481 e. The maximum absolute atomic E-state index is 10.9. The fourth-order valence-corrected chi connectivity index (χ4v) is 1.73. The summed E-state index contributed by atoms with van der Waals surface area (Å²) in [5.74, 6) is -0.895. The lowest BCUT2D eigenvalue weighted by Gasteiger charge is -2.19. The molecule has 0 fully saturated rings. The molecule has 0 bridgehead atoms. The molecule has 1 rings (SSSR count). The first-order valence-electron chi connectivity index (χ1n) is 5.39. The number of carbonyl (C=O) groups is 1. The second-order valence-corrected chi connectivity index (χ2v) is 3.82. The molecule has 2 N–H and O–H groups in total. The lowest BCUT2D eigenvalue weighted by atomic mass is 9.93. The summed E-state index contributed by atoms with van der Waals surface area (Å²) in [5.41, 5.74) is 0. The summed E-state index contributed by atoms with van der Waals surface area (Å²) in [6.45, 7) is 0.507. The van der Waals surface area contributed by atoms with Crippen LogP contribution in [0, 0.1) is 5.92 Å². The summed E-state index contributed by atoms with van der Waals surface area (Å²) in [6, 6.07) is 0. The first-order valence-corrected chi connectivity index (χ1v) is 5.39. The molecule has 0 aromatic rings. The van der Waals surface area contributed by atoms with Crippen LogP contribution in [0.4, 0.5) is 0 Å². The lowest BCUT2D eigenvalue weighted by molar-refractivity contribution is -0.142. The molecule has 0 aliphatic heterocycles. The summed E-state index contributed by atoms with van der Waals surface area (Å²) < 4.78 is 5.50. The number of ether oxygens (including phenoxy) is 1. The molecule has 0 saturated heterocycles. The van der Waals surface area contributed by atoms with Crippen LogP contribution in [0.1, 0.15) is 25.7 Å². The normalized spacial score (nSPS) is 29.1. The van der Waals surface area contributed by atoms with Gasteiger partial charge in [-0.2, -0.15) is 0 Å². The number of allylic oxidation sites excluding steroid dienone is 1. The Morgan fingerprint density at radius 1 is 1.53 bits per heavy atom. The highest BCUT2D eigenvalue weighted by atomic mass is 16.5. The second kappa shape index (κ2) is 6.58. The third-order valence-electron chi connectivity index (χ3n) is 2.62. The van der Waals surface area contributed by atoms with Crippen LogP contribution in [0.25, 0.3) is 0 Å². The van der Waals surface area contributed by atoms with Gasteiger partial charge in [-0.1, -0.05) is 12.2 Å². The van der Waals surface area contributed by atoms with Gasteiger partial charge in [-0.05, 0) is 32.7 Å². The topological polar surface area (TPSA) is 58.6 Å². The van der Waals surface area contributed by atoms with E-state index >= 15 is 0 Å². The summed E-state index contributed by atoms with van der Waals surface area (Å²) in [5, 5.41) is 11.9. The van der Waals surface area contributed by atoms with Gasteiger partial charge in [0.25, 0.3) is 0 Å². The van der Waals surface area contributed by atoms with E-state index in [2.05, 4.69) is 5.32 Å². The highest BCUT2D eigenvalue weighted by Gasteiger charge is 2.19.